The molecule has 1 aliphatic heterocycles. The van der Waals surface area contributed by atoms with E-state index in [9.17, 15) is 0 Å². The molecule has 158 valence electrons. The highest BCUT2D eigenvalue weighted by Gasteiger charge is 2.40. The lowest BCUT2D eigenvalue weighted by molar-refractivity contribution is 0.177. The van der Waals surface area contributed by atoms with Gasteiger partial charge in [-0.2, -0.15) is 27.0 Å². The summed E-state index contributed by atoms with van der Waals surface area (Å²) in [5.74, 6) is 0. The van der Waals surface area contributed by atoms with Crippen LogP contribution in [0, 0.1) is 13.8 Å². The van der Waals surface area contributed by atoms with Gasteiger partial charge >= 0.3 is 0 Å². The Hall–Kier alpha value is 0.0169. The van der Waals surface area contributed by atoms with Crippen LogP contribution < -0.4 is 5.32 Å². The fourth-order valence-electron chi connectivity index (χ4n) is 3.49. The molecule has 1 aromatic rings. The summed E-state index contributed by atoms with van der Waals surface area (Å²) in [6.45, 7) is 19.3. The quantitative estimate of drug-likeness (QED) is 0.651. The minimum atomic E-state index is -1.67. The van der Waals surface area contributed by atoms with Crippen LogP contribution in [0.25, 0.3) is 0 Å². The first-order valence-electron chi connectivity index (χ1n) is 9.67. The van der Waals surface area contributed by atoms with Crippen LogP contribution in [0.1, 0.15) is 49.9 Å². The van der Waals surface area contributed by atoms with Crippen molar-refractivity contribution in [2.45, 2.75) is 71.3 Å². The largest absolute Gasteiger partial charge is 0.413 e. The predicted molar refractivity (Wildman–Crippen MR) is 132 cm³/mol. The Labute approximate surface area is 182 Å². The maximum Gasteiger partial charge on any atom is 0.192 e. The Kier molecular flexibility index (Phi) is 10.7. The van der Waals surface area contributed by atoms with E-state index < -0.39 is 8.32 Å². The molecule has 3 nitrogen and oxygen atoms in total. The van der Waals surface area contributed by atoms with Gasteiger partial charge in [0.2, 0.25) is 0 Å². The second kappa shape index (κ2) is 10.7. The summed E-state index contributed by atoms with van der Waals surface area (Å²) in [4.78, 5) is 2.57. The number of likely N-dealkylation sites (tertiary alicyclic amines) is 1. The van der Waals surface area contributed by atoms with Crippen LogP contribution in [-0.2, 0) is 4.43 Å². The smallest absolute Gasteiger partial charge is 0.192 e. The molecule has 1 fully saturated rings. The SMILES string of the molecule is CNC(CN1CCC(O[Si](C)(C)C(C)(C)C)C1)c1cc(C)cc(C)c1.S.S. The van der Waals surface area contributed by atoms with E-state index in [0.717, 1.165) is 26.1 Å². The summed E-state index contributed by atoms with van der Waals surface area (Å²) in [5.41, 5.74) is 4.08. The van der Waals surface area contributed by atoms with Crippen LogP contribution in [0.2, 0.25) is 18.1 Å². The molecule has 0 bridgehead atoms. The van der Waals surface area contributed by atoms with Crippen LogP contribution in [0.4, 0.5) is 0 Å². The lowest BCUT2D eigenvalue weighted by Crippen LogP contribution is -2.44. The number of nitrogens with zero attached hydrogens (tertiary/aromatic N) is 1. The molecule has 2 unspecified atom stereocenters. The van der Waals surface area contributed by atoms with E-state index >= 15 is 0 Å². The lowest BCUT2D eigenvalue weighted by atomic mass is 10.0. The van der Waals surface area contributed by atoms with E-state index in [1.807, 2.05) is 0 Å². The lowest BCUT2D eigenvalue weighted by Gasteiger charge is -2.38. The molecule has 6 heteroatoms. The van der Waals surface area contributed by atoms with E-state index in [1.165, 1.54) is 16.7 Å². The number of hydrogen-bond donors (Lipinski definition) is 1. The summed E-state index contributed by atoms with van der Waals surface area (Å²) >= 11 is 0. The summed E-state index contributed by atoms with van der Waals surface area (Å²) in [6, 6.07) is 7.25. The summed E-state index contributed by atoms with van der Waals surface area (Å²) < 4.78 is 6.63. The van der Waals surface area contributed by atoms with Gasteiger partial charge in [0, 0.05) is 25.7 Å². The maximum absolute atomic E-state index is 6.63. The first kappa shape index (κ1) is 27.0. The first-order chi connectivity index (χ1) is 11.5. The van der Waals surface area contributed by atoms with Crippen molar-refractivity contribution in [1.82, 2.24) is 10.2 Å². The van der Waals surface area contributed by atoms with Crippen LogP contribution in [0.15, 0.2) is 18.2 Å². The van der Waals surface area contributed by atoms with Crippen molar-refractivity contribution in [3.05, 3.63) is 34.9 Å². The van der Waals surface area contributed by atoms with Crippen molar-refractivity contribution in [3.63, 3.8) is 0 Å². The molecular weight excluding hydrogens is 388 g/mol. The molecular formula is C21H42N2OS2Si. The van der Waals surface area contributed by atoms with Crippen molar-refractivity contribution >= 4 is 35.3 Å². The molecule has 1 heterocycles. The molecule has 0 aliphatic carbocycles. The molecule has 0 spiro atoms. The van der Waals surface area contributed by atoms with Crippen LogP contribution in [0.3, 0.4) is 0 Å². The van der Waals surface area contributed by atoms with Gasteiger partial charge in [-0.05, 0) is 51.0 Å². The number of benzene rings is 1. The third-order valence-electron chi connectivity index (χ3n) is 5.93. The Balaban J connectivity index is 0.00000338. The van der Waals surface area contributed by atoms with Gasteiger partial charge in [0.05, 0.1) is 6.10 Å². The fourth-order valence-corrected chi connectivity index (χ4v) is 4.86. The highest BCUT2D eigenvalue weighted by molar-refractivity contribution is 7.59. The second-order valence-corrected chi connectivity index (χ2v) is 14.1. The summed E-state index contributed by atoms with van der Waals surface area (Å²) in [6.07, 6.45) is 1.56. The molecule has 1 saturated heterocycles. The number of hydrogen-bond acceptors (Lipinski definition) is 3. The zero-order valence-corrected chi connectivity index (χ0v) is 21.6. The first-order valence-corrected chi connectivity index (χ1v) is 12.6. The van der Waals surface area contributed by atoms with Gasteiger partial charge in [-0.3, -0.25) is 4.90 Å². The fraction of sp³-hybridized carbons (Fsp3) is 0.714. The standard InChI is InChI=1S/C21H38N2OSi.2H2S/c1-16-11-17(2)13-18(12-16)20(22-6)15-23-10-9-19(14-23)24-25(7,8)21(3,4)5;;/h11-13,19-20,22H,9-10,14-15H2,1-8H3;2*1H2. The number of rotatable bonds is 6. The minimum absolute atomic E-state index is 0. The van der Waals surface area contributed by atoms with Gasteiger partial charge in [-0.15, -0.1) is 0 Å². The van der Waals surface area contributed by atoms with Crippen molar-refractivity contribution < 1.29 is 4.43 Å². The Morgan fingerprint density at radius 1 is 1.15 bits per heavy atom. The Bertz CT molecular complexity index is 570. The van der Waals surface area contributed by atoms with E-state index in [-0.39, 0.29) is 32.0 Å². The predicted octanol–water partition coefficient (Wildman–Crippen LogP) is 4.89. The monoisotopic (exact) mass is 430 g/mol. The highest BCUT2D eigenvalue weighted by Crippen LogP contribution is 2.38. The van der Waals surface area contributed by atoms with Gasteiger partial charge in [0.25, 0.3) is 0 Å². The molecule has 1 aromatic carbocycles. The van der Waals surface area contributed by atoms with Gasteiger partial charge < -0.3 is 9.74 Å². The van der Waals surface area contributed by atoms with Gasteiger partial charge in [0.15, 0.2) is 8.32 Å². The van der Waals surface area contributed by atoms with E-state index in [0.29, 0.717) is 12.1 Å². The second-order valence-electron chi connectivity index (χ2n) is 9.31. The summed E-state index contributed by atoms with van der Waals surface area (Å²) in [5, 5.41) is 3.80. The average molecular weight is 431 g/mol. The van der Waals surface area contributed by atoms with Crippen molar-refractivity contribution in [3.8, 4) is 0 Å². The van der Waals surface area contributed by atoms with Crippen LogP contribution >= 0.6 is 27.0 Å². The highest BCUT2D eigenvalue weighted by atomic mass is 32.1. The molecule has 27 heavy (non-hydrogen) atoms. The van der Waals surface area contributed by atoms with Gasteiger partial charge in [-0.1, -0.05) is 50.1 Å². The minimum Gasteiger partial charge on any atom is -0.413 e. The van der Waals surface area contributed by atoms with Gasteiger partial charge in [-0.25, -0.2) is 0 Å². The summed E-state index contributed by atoms with van der Waals surface area (Å²) in [7, 11) is 0.403. The number of aryl methyl sites for hydroxylation is 2. The van der Waals surface area contributed by atoms with E-state index in [1.54, 1.807) is 0 Å². The van der Waals surface area contributed by atoms with Crippen molar-refractivity contribution in [2.24, 2.45) is 0 Å². The normalized spacial score (nSPS) is 19.3. The molecule has 2 rings (SSSR count). The number of nitrogens with one attached hydrogen (secondary N) is 1. The van der Waals surface area contributed by atoms with E-state index in [4.69, 9.17) is 4.43 Å². The van der Waals surface area contributed by atoms with Gasteiger partial charge in [0.1, 0.15) is 0 Å². The topological polar surface area (TPSA) is 24.5 Å². The molecule has 0 amide bonds. The molecule has 0 radical (unpaired) electrons. The van der Waals surface area contributed by atoms with Crippen LogP contribution in [-0.4, -0.2) is 46.0 Å². The zero-order valence-electron chi connectivity index (χ0n) is 18.6. The zero-order chi connectivity index (χ0) is 18.8. The molecule has 2 atom stereocenters. The van der Waals surface area contributed by atoms with Crippen molar-refractivity contribution in [1.29, 1.82) is 0 Å². The molecule has 1 N–H and O–H groups in total. The number of likely N-dealkylation sites (N-methyl/N-ethyl adjacent to an activating group) is 1. The molecule has 0 aromatic heterocycles. The Morgan fingerprint density at radius 3 is 2.19 bits per heavy atom. The average Bonchev–Trinajstić information content (AvgIpc) is 2.89. The van der Waals surface area contributed by atoms with Crippen LogP contribution in [0.5, 0.6) is 0 Å². The molecule has 1 aliphatic rings. The Morgan fingerprint density at radius 2 is 1.70 bits per heavy atom. The van der Waals surface area contributed by atoms with Crippen molar-refractivity contribution in [2.75, 3.05) is 26.7 Å². The third kappa shape index (κ3) is 7.41. The van der Waals surface area contributed by atoms with E-state index in [2.05, 4.69) is 83.2 Å². The maximum atomic E-state index is 6.63. The third-order valence-corrected chi connectivity index (χ3v) is 10.5. The molecule has 0 saturated carbocycles.